The fourth-order valence-electron chi connectivity index (χ4n) is 3.56. The van der Waals surface area contributed by atoms with Crippen molar-refractivity contribution in [3.05, 3.63) is 52.3 Å². The standard InChI is InChI=1S/C22H28BrFN2O2/c1-2-26(21-15-18(27)7-8-19(21)23)16-17-6-9-22(20(24)14-17)28-13-12-25-10-4-3-5-11-25/h6-9,14-15,27H,2-5,10-13,16H2,1H3. The van der Waals surface area contributed by atoms with E-state index in [1.165, 1.54) is 25.3 Å². The third-order valence-corrected chi connectivity index (χ3v) is 5.81. The lowest BCUT2D eigenvalue weighted by atomic mass is 10.1. The average Bonchev–Trinajstić information content (AvgIpc) is 2.70. The average molecular weight is 451 g/mol. The van der Waals surface area contributed by atoms with Gasteiger partial charge in [0.15, 0.2) is 11.6 Å². The first-order valence-corrected chi connectivity index (χ1v) is 10.7. The number of anilines is 1. The monoisotopic (exact) mass is 450 g/mol. The Morgan fingerprint density at radius 1 is 1.14 bits per heavy atom. The molecule has 1 N–H and O–H groups in total. The Bertz CT molecular complexity index is 781. The van der Waals surface area contributed by atoms with Gasteiger partial charge in [-0.05, 0) is 78.6 Å². The summed E-state index contributed by atoms with van der Waals surface area (Å²) in [6, 6.07) is 10.3. The van der Waals surface area contributed by atoms with Crippen LogP contribution < -0.4 is 9.64 Å². The summed E-state index contributed by atoms with van der Waals surface area (Å²) in [7, 11) is 0. The van der Waals surface area contributed by atoms with Crippen LogP contribution in [0.4, 0.5) is 10.1 Å². The van der Waals surface area contributed by atoms with Gasteiger partial charge in [0, 0.05) is 30.2 Å². The molecular formula is C22H28BrFN2O2. The molecule has 0 bridgehead atoms. The second-order valence-electron chi connectivity index (χ2n) is 7.17. The lowest BCUT2D eigenvalue weighted by molar-refractivity contribution is 0.180. The number of rotatable bonds is 8. The Balaban J connectivity index is 1.60. The summed E-state index contributed by atoms with van der Waals surface area (Å²) in [6.07, 6.45) is 3.79. The van der Waals surface area contributed by atoms with Crippen molar-refractivity contribution >= 4 is 21.6 Å². The Kier molecular flexibility index (Phi) is 7.57. The van der Waals surface area contributed by atoms with Crippen molar-refractivity contribution in [3.8, 4) is 11.5 Å². The molecule has 0 amide bonds. The third-order valence-electron chi connectivity index (χ3n) is 5.14. The van der Waals surface area contributed by atoms with Gasteiger partial charge in [-0.25, -0.2) is 4.39 Å². The molecule has 6 heteroatoms. The van der Waals surface area contributed by atoms with E-state index < -0.39 is 0 Å². The number of ether oxygens (including phenoxy) is 1. The Hall–Kier alpha value is -1.79. The molecule has 0 saturated carbocycles. The van der Waals surface area contributed by atoms with E-state index in [2.05, 4.69) is 25.7 Å². The molecule has 28 heavy (non-hydrogen) atoms. The van der Waals surface area contributed by atoms with Crippen LogP contribution in [0.1, 0.15) is 31.7 Å². The van der Waals surface area contributed by atoms with Crippen molar-refractivity contribution in [3.63, 3.8) is 0 Å². The topological polar surface area (TPSA) is 35.9 Å². The number of likely N-dealkylation sites (tertiary alicyclic amines) is 1. The third kappa shape index (κ3) is 5.61. The maximum Gasteiger partial charge on any atom is 0.165 e. The first kappa shape index (κ1) is 20.9. The van der Waals surface area contributed by atoms with E-state index >= 15 is 0 Å². The van der Waals surface area contributed by atoms with Gasteiger partial charge in [0.05, 0.1) is 5.69 Å². The molecule has 2 aromatic rings. The van der Waals surface area contributed by atoms with Crippen molar-refractivity contribution in [2.75, 3.05) is 37.7 Å². The normalized spacial score (nSPS) is 14.8. The van der Waals surface area contributed by atoms with Gasteiger partial charge in [-0.3, -0.25) is 4.90 Å². The van der Waals surface area contributed by atoms with Crippen LogP contribution in [-0.4, -0.2) is 42.8 Å². The van der Waals surface area contributed by atoms with E-state index in [1.807, 2.05) is 19.1 Å². The van der Waals surface area contributed by atoms with Crippen LogP contribution in [0.15, 0.2) is 40.9 Å². The second kappa shape index (κ2) is 10.1. The van der Waals surface area contributed by atoms with Gasteiger partial charge in [0.25, 0.3) is 0 Å². The van der Waals surface area contributed by atoms with Gasteiger partial charge >= 0.3 is 0 Å². The molecule has 0 unspecified atom stereocenters. The van der Waals surface area contributed by atoms with Gasteiger partial charge in [-0.2, -0.15) is 0 Å². The second-order valence-corrected chi connectivity index (χ2v) is 8.02. The SMILES string of the molecule is CCN(Cc1ccc(OCCN2CCCCC2)c(F)c1)c1cc(O)ccc1Br. The first-order valence-electron chi connectivity index (χ1n) is 9.94. The predicted octanol–water partition coefficient (Wildman–Crippen LogP) is 5.19. The van der Waals surface area contributed by atoms with E-state index in [0.717, 1.165) is 41.9 Å². The van der Waals surface area contributed by atoms with Crippen molar-refractivity contribution in [1.82, 2.24) is 4.90 Å². The number of hydrogen-bond donors (Lipinski definition) is 1. The van der Waals surface area contributed by atoms with E-state index in [4.69, 9.17) is 4.74 Å². The molecule has 0 atom stereocenters. The van der Waals surface area contributed by atoms with Crippen LogP contribution in [0.25, 0.3) is 0 Å². The lowest BCUT2D eigenvalue weighted by Crippen LogP contribution is -2.33. The zero-order chi connectivity index (χ0) is 19.9. The van der Waals surface area contributed by atoms with Gasteiger partial charge < -0.3 is 14.7 Å². The number of benzene rings is 2. The molecule has 4 nitrogen and oxygen atoms in total. The zero-order valence-corrected chi connectivity index (χ0v) is 17.9. The maximum absolute atomic E-state index is 14.5. The van der Waals surface area contributed by atoms with Crippen LogP contribution in [0, 0.1) is 5.82 Å². The molecule has 1 fully saturated rings. The fraction of sp³-hybridized carbons (Fsp3) is 0.455. The van der Waals surface area contributed by atoms with Crippen LogP contribution >= 0.6 is 15.9 Å². The number of phenolic OH excluding ortho intramolecular Hbond substituents is 1. The molecule has 0 aromatic heterocycles. The van der Waals surface area contributed by atoms with E-state index in [-0.39, 0.29) is 11.6 Å². The largest absolute Gasteiger partial charge is 0.508 e. The summed E-state index contributed by atoms with van der Waals surface area (Å²) in [5, 5.41) is 9.78. The number of nitrogens with zero attached hydrogens (tertiary/aromatic N) is 2. The van der Waals surface area contributed by atoms with Gasteiger partial charge in [-0.15, -0.1) is 0 Å². The molecule has 0 aliphatic carbocycles. The minimum atomic E-state index is -0.331. The number of piperidine rings is 1. The molecule has 1 aliphatic rings. The molecule has 2 aromatic carbocycles. The van der Waals surface area contributed by atoms with E-state index in [0.29, 0.717) is 18.9 Å². The highest BCUT2D eigenvalue weighted by atomic mass is 79.9. The van der Waals surface area contributed by atoms with Gasteiger partial charge in [0.2, 0.25) is 0 Å². The fourth-order valence-corrected chi connectivity index (χ4v) is 4.06. The lowest BCUT2D eigenvalue weighted by Gasteiger charge is -2.26. The smallest absolute Gasteiger partial charge is 0.165 e. The van der Waals surface area contributed by atoms with Crippen molar-refractivity contribution in [2.24, 2.45) is 0 Å². The summed E-state index contributed by atoms with van der Waals surface area (Å²) >= 11 is 3.52. The molecule has 1 aliphatic heterocycles. The zero-order valence-electron chi connectivity index (χ0n) is 16.3. The quantitative estimate of drug-likeness (QED) is 0.600. The van der Waals surface area contributed by atoms with E-state index in [1.54, 1.807) is 18.2 Å². The maximum atomic E-state index is 14.5. The first-order chi connectivity index (χ1) is 13.6. The highest BCUT2D eigenvalue weighted by Gasteiger charge is 2.13. The summed E-state index contributed by atoms with van der Waals surface area (Å²) < 4.78 is 21.1. The van der Waals surface area contributed by atoms with Crippen LogP contribution in [-0.2, 0) is 6.54 Å². The van der Waals surface area contributed by atoms with E-state index in [9.17, 15) is 9.50 Å². The number of aromatic hydroxyl groups is 1. The number of hydrogen-bond acceptors (Lipinski definition) is 4. The highest BCUT2D eigenvalue weighted by molar-refractivity contribution is 9.10. The molecule has 1 heterocycles. The van der Waals surface area contributed by atoms with Crippen molar-refractivity contribution in [2.45, 2.75) is 32.7 Å². The molecule has 1 saturated heterocycles. The molecular weight excluding hydrogens is 423 g/mol. The summed E-state index contributed by atoms with van der Waals surface area (Å²) in [5.74, 6) is 0.185. The predicted molar refractivity (Wildman–Crippen MR) is 115 cm³/mol. The summed E-state index contributed by atoms with van der Waals surface area (Å²) in [4.78, 5) is 4.46. The Morgan fingerprint density at radius 3 is 2.64 bits per heavy atom. The van der Waals surface area contributed by atoms with Crippen LogP contribution in [0.3, 0.4) is 0 Å². The molecule has 152 valence electrons. The van der Waals surface area contributed by atoms with Gasteiger partial charge in [0.1, 0.15) is 12.4 Å². The minimum Gasteiger partial charge on any atom is -0.508 e. The van der Waals surface area contributed by atoms with Crippen LogP contribution in [0.2, 0.25) is 0 Å². The minimum absolute atomic E-state index is 0.209. The van der Waals surface area contributed by atoms with Crippen molar-refractivity contribution < 1.29 is 14.2 Å². The molecule has 0 spiro atoms. The van der Waals surface area contributed by atoms with Crippen molar-refractivity contribution in [1.29, 1.82) is 0 Å². The Morgan fingerprint density at radius 2 is 1.93 bits per heavy atom. The van der Waals surface area contributed by atoms with Gasteiger partial charge in [-0.1, -0.05) is 12.5 Å². The number of phenols is 1. The highest BCUT2D eigenvalue weighted by Crippen LogP contribution is 2.31. The Labute approximate surface area is 175 Å². The summed E-state index contributed by atoms with van der Waals surface area (Å²) in [5.41, 5.74) is 1.74. The number of halogens is 2. The molecule has 0 radical (unpaired) electrons. The van der Waals surface area contributed by atoms with Crippen LogP contribution in [0.5, 0.6) is 11.5 Å². The molecule has 3 rings (SSSR count). The summed E-state index contributed by atoms with van der Waals surface area (Å²) in [6.45, 7) is 6.89.